The van der Waals surface area contributed by atoms with Crippen molar-refractivity contribution in [3.8, 4) is 0 Å². The second-order valence-electron chi connectivity index (χ2n) is 6.09. The number of hydrogen-bond acceptors (Lipinski definition) is 7. The Morgan fingerprint density at radius 1 is 1.14 bits per heavy atom. The van der Waals surface area contributed by atoms with Gasteiger partial charge < -0.3 is 35.1 Å². The fourth-order valence-corrected chi connectivity index (χ4v) is 1.90. The van der Waals surface area contributed by atoms with Crippen LogP contribution in [0.25, 0.3) is 0 Å². The van der Waals surface area contributed by atoms with Gasteiger partial charge in [-0.25, -0.2) is 0 Å². The molecule has 0 aliphatic carbocycles. The number of rotatable bonds is 6. The molecule has 0 bridgehead atoms. The van der Waals surface area contributed by atoms with Crippen molar-refractivity contribution in [2.24, 2.45) is 5.41 Å². The molecule has 1 saturated heterocycles. The van der Waals surface area contributed by atoms with Crippen molar-refractivity contribution in [3.05, 3.63) is 0 Å². The summed E-state index contributed by atoms with van der Waals surface area (Å²) >= 11 is 0. The fourth-order valence-electron chi connectivity index (χ4n) is 1.90. The van der Waals surface area contributed by atoms with Gasteiger partial charge >= 0.3 is 7.12 Å². The predicted molar refractivity (Wildman–Crippen MR) is 74.1 cm³/mol. The number of amides is 1. The van der Waals surface area contributed by atoms with Gasteiger partial charge in [-0.2, -0.15) is 0 Å². The molecule has 4 unspecified atom stereocenters. The van der Waals surface area contributed by atoms with E-state index in [9.17, 15) is 15.0 Å². The minimum Gasteiger partial charge on any atom is -0.402 e. The van der Waals surface area contributed by atoms with Crippen LogP contribution < -0.4 is 5.32 Å². The zero-order chi connectivity index (χ0) is 16.2. The Kier molecular flexibility index (Phi) is 6.57. The molecule has 4 atom stereocenters. The Hall–Kier alpha value is -0.705. The van der Waals surface area contributed by atoms with Gasteiger partial charge in [0.1, 0.15) is 12.2 Å². The molecule has 8 nitrogen and oxygen atoms in total. The second kappa shape index (κ2) is 7.53. The number of nitrogens with one attached hydrogen (secondary N) is 1. The van der Waals surface area contributed by atoms with E-state index in [0.717, 1.165) is 0 Å². The normalized spacial score (nSPS) is 25.8. The smallest absolute Gasteiger partial charge is 0.402 e. The van der Waals surface area contributed by atoms with Crippen molar-refractivity contribution < 1.29 is 34.5 Å². The zero-order valence-electron chi connectivity index (χ0n) is 12.5. The van der Waals surface area contributed by atoms with E-state index in [1.54, 1.807) is 20.8 Å². The third-order valence-electron chi connectivity index (χ3n) is 3.18. The van der Waals surface area contributed by atoms with Crippen LogP contribution >= 0.6 is 0 Å². The Morgan fingerprint density at radius 3 is 1.90 bits per heavy atom. The van der Waals surface area contributed by atoms with Gasteiger partial charge in [-0.1, -0.05) is 20.8 Å². The molecule has 0 spiro atoms. The SMILES string of the molecule is CC(C)(C)C(=O)NCB1OC(C(O)CO)C(C(O)CO)O1. The minimum atomic E-state index is -1.25. The highest BCUT2D eigenvalue weighted by atomic mass is 16.7. The van der Waals surface area contributed by atoms with E-state index in [4.69, 9.17) is 19.5 Å². The highest BCUT2D eigenvalue weighted by Crippen LogP contribution is 2.22. The van der Waals surface area contributed by atoms with Crippen LogP contribution in [0.15, 0.2) is 0 Å². The maximum Gasteiger partial charge on any atom is 0.478 e. The van der Waals surface area contributed by atoms with Gasteiger partial charge in [0.15, 0.2) is 0 Å². The first-order valence-corrected chi connectivity index (χ1v) is 6.87. The van der Waals surface area contributed by atoms with Crippen molar-refractivity contribution >= 4 is 13.0 Å². The van der Waals surface area contributed by atoms with Gasteiger partial charge in [0, 0.05) is 5.41 Å². The summed E-state index contributed by atoms with van der Waals surface area (Å²) in [6.45, 7) is 4.15. The summed E-state index contributed by atoms with van der Waals surface area (Å²) in [5.74, 6) is -0.194. The molecule has 1 fully saturated rings. The first-order chi connectivity index (χ1) is 9.70. The molecule has 122 valence electrons. The summed E-state index contributed by atoms with van der Waals surface area (Å²) in [6, 6.07) is 0. The largest absolute Gasteiger partial charge is 0.478 e. The quantitative estimate of drug-likeness (QED) is 0.348. The summed E-state index contributed by atoms with van der Waals surface area (Å²) in [4.78, 5) is 11.8. The van der Waals surface area contributed by atoms with Gasteiger partial charge in [0.25, 0.3) is 0 Å². The Labute approximate surface area is 124 Å². The highest BCUT2D eigenvalue weighted by Gasteiger charge is 2.46. The first-order valence-electron chi connectivity index (χ1n) is 6.87. The van der Waals surface area contributed by atoms with E-state index in [-0.39, 0.29) is 12.4 Å². The Balaban J connectivity index is 2.61. The van der Waals surface area contributed by atoms with Crippen molar-refractivity contribution in [2.45, 2.75) is 45.2 Å². The van der Waals surface area contributed by atoms with Crippen LogP contribution in [0.3, 0.4) is 0 Å². The van der Waals surface area contributed by atoms with Gasteiger partial charge in [-0.15, -0.1) is 0 Å². The topological polar surface area (TPSA) is 128 Å². The summed E-state index contributed by atoms with van der Waals surface area (Å²) in [7, 11) is -0.867. The lowest BCUT2D eigenvalue weighted by molar-refractivity contribution is -0.128. The lowest BCUT2D eigenvalue weighted by atomic mass is 9.89. The molecule has 0 aromatic heterocycles. The van der Waals surface area contributed by atoms with Crippen LogP contribution in [-0.2, 0) is 14.1 Å². The molecule has 1 amide bonds. The molecule has 0 aromatic rings. The van der Waals surface area contributed by atoms with Gasteiger partial charge in [0.2, 0.25) is 5.91 Å². The van der Waals surface area contributed by atoms with Crippen LogP contribution in [0.2, 0.25) is 0 Å². The van der Waals surface area contributed by atoms with Crippen molar-refractivity contribution in [3.63, 3.8) is 0 Å². The number of carbonyl (C=O) groups excluding carboxylic acids is 1. The molecular formula is C12H24BNO7. The van der Waals surface area contributed by atoms with Crippen LogP contribution in [0.1, 0.15) is 20.8 Å². The third-order valence-corrected chi connectivity index (χ3v) is 3.18. The monoisotopic (exact) mass is 305 g/mol. The standard InChI is InChI=1S/C12H24BNO7/c1-12(2,3)11(19)14-6-13-20-9(7(17)4-15)10(21-13)8(18)5-16/h7-10,15-18H,4-6H2,1-3H3,(H,14,19). The Morgan fingerprint density at radius 2 is 1.57 bits per heavy atom. The lowest BCUT2D eigenvalue weighted by Crippen LogP contribution is -2.45. The predicted octanol–water partition coefficient (Wildman–Crippen LogP) is -2.33. The van der Waals surface area contributed by atoms with Crippen LogP contribution in [0.5, 0.6) is 0 Å². The van der Waals surface area contributed by atoms with Gasteiger partial charge in [-0.3, -0.25) is 4.79 Å². The van der Waals surface area contributed by atoms with Crippen molar-refractivity contribution in [2.75, 3.05) is 19.7 Å². The van der Waals surface area contributed by atoms with E-state index in [0.29, 0.717) is 0 Å². The first kappa shape index (κ1) is 18.3. The summed E-state index contributed by atoms with van der Waals surface area (Å²) in [5, 5.41) is 39.9. The molecule has 5 N–H and O–H groups in total. The average Bonchev–Trinajstić information content (AvgIpc) is 2.86. The molecular weight excluding hydrogens is 281 g/mol. The second-order valence-corrected chi connectivity index (χ2v) is 6.09. The number of aliphatic hydroxyl groups excluding tert-OH is 4. The molecule has 1 heterocycles. The maximum atomic E-state index is 11.8. The number of aliphatic hydroxyl groups is 4. The third kappa shape index (κ3) is 4.91. The van der Waals surface area contributed by atoms with E-state index >= 15 is 0 Å². The summed E-state index contributed by atoms with van der Waals surface area (Å²) in [5.41, 5.74) is -0.563. The number of hydrogen-bond donors (Lipinski definition) is 5. The number of carbonyl (C=O) groups is 1. The van der Waals surface area contributed by atoms with E-state index in [1.807, 2.05) is 0 Å². The molecule has 21 heavy (non-hydrogen) atoms. The molecule has 0 saturated carbocycles. The van der Waals surface area contributed by atoms with E-state index in [2.05, 4.69) is 5.32 Å². The van der Waals surface area contributed by atoms with Crippen LogP contribution in [0.4, 0.5) is 0 Å². The van der Waals surface area contributed by atoms with Gasteiger partial charge in [-0.05, 0) is 0 Å². The molecule has 1 aliphatic heterocycles. The fraction of sp³-hybridized carbons (Fsp3) is 0.917. The summed E-state index contributed by atoms with van der Waals surface area (Å²) in [6.07, 6.45) is -4.42. The molecule has 9 heteroatoms. The van der Waals surface area contributed by atoms with E-state index < -0.39 is 50.2 Å². The van der Waals surface area contributed by atoms with Crippen molar-refractivity contribution in [1.82, 2.24) is 5.32 Å². The zero-order valence-corrected chi connectivity index (χ0v) is 12.5. The maximum absolute atomic E-state index is 11.8. The lowest BCUT2D eigenvalue weighted by Gasteiger charge is -2.24. The minimum absolute atomic E-state index is 0.0411. The molecule has 0 aromatic carbocycles. The highest BCUT2D eigenvalue weighted by molar-refractivity contribution is 6.45. The molecule has 0 radical (unpaired) electrons. The van der Waals surface area contributed by atoms with E-state index in [1.165, 1.54) is 0 Å². The average molecular weight is 305 g/mol. The summed E-state index contributed by atoms with van der Waals surface area (Å²) < 4.78 is 10.8. The van der Waals surface area contributed by atoms with Crippen molar-refractivity contribution in [1.29, 1.82) is 0 Å². The van der Waals surface area contributed by atoms with Crippen LogP contribution in [-0.4, -0.2) is 77.5 Å². The van der Waals surface area contributed by atoms with Crippen LogP contribution in [0, 0.1) is 5.41 Å². The Bertz CT molecular complexity index is 331. The molecule has 1 aliphatic rings. The molecule has 1 rings (SSSR count). The van der Waals surface area contributed by atoms with Gasteiger partial charge in [0.05, 0.1) is 31.9 Å².